The second-order valence-corrected chi connectivity index (χ2v) is 5.20. The van der Waals surface area contributed by atoms with E-state index < -0.39 is 11.8 Å². The highest BCUT2D eigenvalue weighted by atomic mass is 35.5. The standard InChI is InChI=1S/C18H16FN3O2.ClH/c1-3-24-18(23)13-10-20-17-12(9-8-11(2)21-17)16(13)22-15-7-5-4-6-14(15)19;/h4-10H,3H2,1-2H3,(H,20,21,22);1H. The number of nitrogens with one attached hydrogen (secondary N) is 1. The fourth-order valence-corrected chi connectivity index (χ4v) is 2.37. The molecule has 0 saturated carbocycles. The second-order valence-electron chi connectivity index (χ2n) is 5.20. The van der Waals surface area contributed by atoms with Crippen molar-refractivity contribution < 1.29 is 13.9 Å². The van der Waals surface area contributed by atoms with E-state index in [1.54, 1.807) is 31.2 Å². The number of carbonyl (C=O) groups is 1. The van der Waals surface area contributed by atoms with Crippen LogP contribution in [0.25, 0.3) is 11.0 Å². The number of para-hydroxylation sites is 1. The van der Waals surface area contributed by atoms with Crippen LogP contribution in [0.5, 0.6) is 0 Å². The fraction of sp³-hybridized carbons (Fsp3) is 0.167. The minimum absolute atomic E-state index is 0. The first-order chi connectivity index (χ1) is 11.6. The van der Waals surface area contributed by atoms with Gasteiger partial charge in [0.1, 0.15) is 11.4 Å². The molecule has 0 spiro atoms. The molecular formula is C18H17ClFN3O2. The van der Waals surface area contributed by atoms with Gasteiger partial charge in [0, 0.05) is 17.3 Å². The molecule has 0 aliphatic heterocycles. The Morgan fingerprint density at radius 3 is 2.72 bits per heavy atom. The van der Waals surface area contributed by atoms with Gasteiger partial charge in [-0.3, -0.25) is 0 Å². The highest BCUT2D eigenvalue weighted by molar-refractivity contribution is 6.05. The third kappa shape index (κ3) is 3.85. The summed E-state index contributed by atoms with van der Waals surface area (Å²) in [5.41, 5.74) is 2.20. The van der Waals surface area contributed by atoms with Gasteiger partial charge in [0.15, 0.2) is 5.65 Å². The monoisotopic (exact) mass is 361 g/mol. The quantitative estimate of drug-likeness (QED) is 0.697. The van der Waals surface area contributed by atoms with Gasteiger partial charge in [0.05, 0.1) is 18.0 Å². The van der Waals surface area contributed by atoms with E-state index in [9.17, 15) is 9.18 Å². The number of rotatable bonds is 4. The lowest BCUT2D eigenvalue weighted by Crippen LogP contribution is -2.10. The second kappa shape index (κ2) is 7.90. The Labute approximate surface area is 150 Å². The van der Waals surface area contributed by atoms with Crippen LogP contribution in [0, 0.1) is 12.7 Å². The highest BCUT2D eigenvalue weighted by Gasteiger charge is 2.18. The van der Waals surface area contributed by atoms with Crippen molar-refractivity contribution in [2.45, 2.75) is 13.8 Å². The molecule has 2 heterocycles. The van der Waals surface area contributed by atoms with Crippen LogP contribution in [0.3, 0.4) is 0 Å². The minimum Gasteiger partial charge on any atom is -0.462 e. The molecule has 25 heavy (non-hydrogen) atoms. The zero-order chi connectivity index (χ0) is 17.1. The minimum atomic E-state index is -0.522. The lowest BCUT2D eigenvalue weighted by atomic mass is 10.1. The molecule has 3 aromatic rings. The number of hydrogen-bond donors (Lipinski definition) is 1. The van der Waals surface area contributed by atoms with E-state index in [4.69, 9.17) is 4.74 Å². The van der Waals surface area contributed by atoms with Crippen molar-refractivity contribution in [1.82, 2.24) is 9.97 Å². The van der Waals surface area contributed by atoms with Crippen molar-refractivity contribution in [3.63, 3.8) is 0 Å². The van der Waals surface area contributed by atoms with E-state index in [1.807, 2.05) is 13.0 Å². The van der Waals surface area contributed by atoms with E-state index in [2.05, 4.69) is 15.3 Å². The van der Waals surface area contributed by atoms with E-state index >= 15 is 0 Å². The van der Waals surface area contributed by atoms with Crippen molar-refractivity contribution in [2.75, 3.05) is 11.9 Å². The largest absolute Gasteiger partial charge is 0.462 e. The zero-order valence-electron chi connectivity index (χ0n) is 13.7. The maximum atomic E-state index is 14.0. The fourth-order valence-electron chi connectivity index (χ4n) is 2.37. The van der Waals surface area contributed by atoms with Crippen molar-refractivity contribution >= 4 is 40.8 Å². The molecule has 0 fully saturated rings. The number of hydrogen-bond acceptors (Lipinski definition) is 5. The number of ether oxygens (including phenoxy) is 1. The summed E-state index contributed by atoms with van der Waals surface area (Å²) in [6.07, 6.45) is 1.40. The van der Waals surface area contributed by atoms with Gasteiger partial charge in [-0.1, -0.05) is 12.1 Å². The summed E-state index contributed by atoms with van der Waals surface area (Å²) in [5, 5.41) is 3.61. The average molecular weight is 362 g/mol. The summed E-state index contributed by atoms with van der Waals surface area (Å²) < 4.78 is 19.1. The topological polar surface area (TPSA) is 64.1 Å². The van der Waals surface area contributed by atoms with Gasteiger partial charge in [-0.15, -0.1) is 12.4 Å². The first-order valence-corrected chi connectivity index (χ1v) is 7.55. The highest BCUT2D eigenvalue weighted by Crippen LogP contribution is 2.30. The number of benzene rings is 1. The van der Waals surface area contributed by atoms with Crippen LogP contribution in [0.15, 0.2) is 42.6 Å². The molecule has 0 bridgehead atoms. The summed E-state index contributed by atoms with van der Waals surface area (Å²) >= 11 is 0. The van der Waals surface area contributed by atoms with Crippen molar-refractivity contribution in [3.05, 3.63) is 59.7 Å². The molecule has 130 valence electrons. The Morgan fingerprint density at radius 1 is 1.24 bits per heavy atom. The molecule has 0 radical (unpaired) electrons. The Bertz CT molecular complexity index is 918. The number of carbonyl (C=O) groups excluding carboxylic acids is 1. The number of pyridine rings is 2. The average Bonchev–Trinajstić information content (AvgIpc) is 2.57. The van der Waals surface area contributed by atoms with Gasteiger partial charge < -0.3 is 10.1 Å². The molecule has 0 aliphatic carbocycles. The molecule has 0 aliphatic rings. The molecule has 1 aromatic carbocycles. The Kier molecular flexibility index (Phi) is 5.88. The van der Waals surface area contributed by atoms with Crippen LogP contribution >= 0.6 is 12.4 Å². The number of halogens is 2. The van der Waals surface area contributed by atoms with Gasteiger partial charge >= 0.3 is 5.97 Å². The molecule has 0 atom stereocenters. The van der Waals surface area contributed by atoms with Gasteiger partial charge in [0.2, 0.25) is 0 Å². The lowest BCUT2D eigenvalue weighted by Gasteiger charge is -2.14. The SMILES string of the molecule is CCOC(=O)c1cnc2nc(C)ccc2c1Nc1ccccc1F.Cl. The van der Waals surface area contributed by atoms with Gasteiger partial charge in [-0.05, 0) is 38.1 Å². The number of aromatic nitrogens is 2. The van der Waals surface area contributed by atoms with Crippen molar-refractivity contribution in [3.8, 4) is 0 Å². The maximum absolute atomic E-state index is 14.0. The Balaban J connectivity index is 0.00000225. The van der Waals surface area contributed by atoms with Crippen molar-refractivity contribution in [1.29, 1.82) is 0 Å². The number of nitrogens with zero attached hydrogens (tertiary/aromatic N) is 2. The van der Waals surface area contributed by atoms with Gasteiger partial charge in [-0.2, -0.15) is 0 Å². The van der Waals surface area contributed by atoms with Crippen LogP contribution in [-0.4, -0.2) is 22.5 Å². The molecule has 5 nitrogen and oxygen atoms in total. The summed E-state index contributed by atoms with van der Waals surface area (Å²) in [5.74, 6) is -0.941. The Morgan fingerprint density at radius 2 is 2.00 bits per heavy atom. The Hall–Kier alpha value is -2.73. The maximum Gasteiger partial charge on any atom is 0.341 e. The summed E-state index contributed by atoms with van der Waals surface area (Å²) in [4.78, 5) is 20.8. The number of aryl methyl sites for hydroxylation is 1. The van der Waals surface area contributed by atoms with E-state index in [0.29, 0.717) is 16.7 Å². The van der Waals surface area contributed by atoms with Crippen molar-refractivity contribution in [2.24, 2.45) is 0 Å². The zero-order valence-corrected chi connectivity index (χ0v) is 14.6. The number of anilines is 2. The molecule has 3 rings (SSSR count). The number of esters is 1. The van der Waals surface area contributed by atoms with E-state index in [1.165, 1.54) is 12.3 Å². The van der Waals surface area contributed by atoms with E-state index in [-0.39, 0.29) is 30.3 Å². The first kappa shape index (κ1) is 18.6. The number of fused-ring (bicyclic) bond motifs is 1. The normalized spacial score (nSPS) is 10.2. The molecular weight excluding hydrogens is 345 g/mol. The molecule has 0 saturated heterocycles. The van der Waals surface area contributed by atoms with Crippen LogP contribution in [0.1, 0.15) is 23.0 Å². The predicted molar refractivity (Wildman–Crippen MR) is 97.2 cm³/mol. The van der Waals surface area contributed by atoms with E-state index in [0.717, 1.165) is 5.69 Å². The van der Waals surface area contributed by atoms with Gasteiger partial charge in [-0.25, -0.2) is 19.2 Å². The molecule has 0 unspecified atom stereocenters. The third-order valence-corrected chi connectivity index (χ3v) is 3.50. The van der Waals surface area contributed by atoms with Crippen LogP contribution in [-0.2, 0) is 4.74 Å². The smallest absolute Gasteiger partial charge is 0.341 e. The molecule has 7 heteroatoms. The predicted octanol–water partition coefficient (Wildman–Crippen LogP) is 4.42. The van der Waals surface area contributed by atoms with Crippen LogP contribution < -0.4 is 5.32 Å². The van der Waals surface area contributed by atoms with Crippen LogP contribution in [0.4, 0.5) is 15.8 Å². The molecule has 0 amide bonds. The van der Waals surface area contributed by atoms with Crippen LogP contribution in [0.2, 0.25) is 0 Å². The summed E-state index contributed by atoms with van der Waals surface area (Å²) in [6.45, 7) is 3.81. The first-order valence-electron chi connectivity index (χ1n) is 7.55. The molecule has 1 N–H and O–H groups in total. The lowest BCUT2D eigenvalue weighted by molar-refractivity contribution is 0.0527. The van der Waals surface area contributed by atoms with Gasteiger partial charge in [0.25, 0.3) is 0 Å². The third-order valence-electron chi connectivity index (χ3n) is 3.50. The summed E-state index contributed by atoms with van der Waals surface area (Å²) in [6, 6.07) is 9.86. The summed E-state index contributed by atoms with van der Waals surface area (Å²) in [7, 11) is 0. The molecule has 2 aromatic heterocycles.